The highest BCUT2D eigenvalue weighted by Crippen LogP contribution is 2.54. The Morgan fingerprint density at radius 2 is 1.32 bits per heavy atom. The first kappa shape index (κ1) is 14.2. The first-order valence-electron chi connectivity index (χ1n) is 8.46. The molecule has 5 rings (SSSR count). The van der Waals surface area contributed by atoms with Crippen molar-refractivity contribution in [2.75, 3.05) is 0 Å². The molecule has 0 bridgehead atoms. The monoisotopic (exact) mass is 324 g/mol. The van der Waals surface area contributed by atoms with E-state index in [1.807, 2.05) is 12.4 Å². The van der Waals surface area contributed by atoms with Crippen molar-refractivity contribution < 1.29 is 0 Å². The molecule has 4 aromatic rings. The van der Waals surface area contributed by atoms with E-state index in [-0.39, 0.29) is 0 Å². The highest BCUT2D eigenvalue weighted by molar-refractivity contribution is 5.83. The van der Waals surface area contributed by atoms with Gasteiger partial charge in [0.05, 0.1) is 0 Å². The number of hydrogen-bond donors (Lipinski definition) is 0. The number of hydrogen-bond acceptors (Lipinski definition) is 4. The Labute approximate surface area is 145 Å². The number of benzene rings is 2. The second-order valence-electron chi connectivity index (χ2n) is 6.47. The molecule has 1 fully saturated rings. The number of rotatable bonds is 3. The number of nitrogens with zero attached hydrogens (tertiary/aromatic N) is 4. The summed E-state index contributed by atoms with van der Waals surface area (Å²) in [6, 6.07) is 17.1. The van der Waals surface area contributed by atoms with Crippen molar-refractivity contribution >= 4 is 10.8 Å². The average molecular weight is 324 g/mol. The molecule has 0 saturated heterocycles. The maximum Gasteiger partial charge on any atom is 0.197 e. The standard InChI is InChI=1S/C21H16N4/c1-2-5-15-10-16(7-6-14(15)4-1)18-11-19(18)17-12-24-21(25-13-17)20-22-8-3-9-23-20/h1-10,12-13,18-19H,11H2. The molecule has 120 valence electrons. The minimum absolute atomic E-state index is 0.506. The Balaban J connectivity index is 1.38. The summed E-state index contributed by atoms with van der Waals surface area (Å²) < 4.78 is 0. The van der Waals surface area contributed by atoms with E-state index < -0.39 is 0 Å². The van der Waals surface area contributed by atoms with E-state index in [2.05, 4.69) is 62.4 Å². The van der Waals surface area contributed by atoms with Gasteiger partial charge in [-0.15, -0.1) is 0 Å². The SMILES string of the molecule is c1cnc(-c2ncc(C3CC3c3ccc4ccccc4c3)cn2)nc1. The zero-order chi connectivity index (χ0) is 16.6. The molecule has 0 spiro atoms. The summed E-state index contributed by atoms with van der Waals surface area (Å²) in [6.45, 7) is 0. The van der Waals surface area contributed by atoms with Gasteiger partial charge in [0.25, 0.3) is 0 Å². The van der Waals surface area contributed by atoms with E-state index in [1.165, 1.54) is 21.9 Å². The Bertz CT molecular complexity index is 1030. The van der Waals surface area contributed by atoms with Gasteiger partial charge in [0.2, 0.25) is 0 Å². The predicted octanol–water partition coefficient (Wildman–Crippen LogP) is 4.36. The highest BCUT2D eigenvalue weighted by atomic mass is 15.0. The molecule has 4 nitrogen and oxygen atoms in total. The maximum absolute atomic E-state index is 4.45. The van der Waals surface area contributed by atoms with Crippen LogP contribution in [-0.4, -0.2) is 19.9 Å². The summed E-state index contributed by atoms with van der Waals surface area (Å²) in [6.07, 6.45) is 8.41. The lowest BCUT2D eigenvalue weighted by atomic mass is 10.0. The Morgan fingerprint density at radius 1 is 0.640 bits per heavy atom. The van der Waals surface area contributed by atoms with Crippen LogP contribution >= 0.6 is 0 Å². The molecule has 2 aromatic heterocycles. The molecule has 4 heteroatoms. The fraction of sp³-hybridized carbons (Fsp3) is 0.143. The van der Waals surface area contributed by atoms with Crippen LogP contribution in [0.2, 0.25) is 0 Å². The van der Waals surface area contributed by atoms with Crippen LogP contribution in [0.15, 0.2) is 73.3 Å². The van der Waals surface area contributed by atoms with Gasteiger partial charge < -0.3 is 0 Å². The van der Waals surface area contributed by atoms with Gasteiger partial charge in [-0.05, 0) is 46.2 Å². The third-order valence-electron chi connectivity index (χ3n) is 4.86. The summed E-state index contributed by atoms with van der Waals surface area (Å²) in [4.78, 5) is 17.3. The summed E-state index contributed by atoms with van der Waals surface area (Å²) in [5, 5.41) is 2.59. The molecule has 0 aliphatic heterocycles. The Morgan fingerprint density at radius 3 is 2.12 bits per heavy atom. The van der Waals surface area contributed by atoms with Gasteiger partial charge in [-0.1, -0.05) is 42.5 Å². The fourth-order valence-corrected chi connectivity index (χ4v) is 3.43. The zero-order valence-electron chi connectivity index (χ0n) is 13.6. The van der Waals surface area contributed by atoms with Gasteiger partial charge in [0.1, 0.15) is 0 Å². The molecular formula is C21H16N4. The van der Waals surface area contributed by atoms with Gasteiger partial charge >= 0.3 is 0 Å². The lowest BCUT2D eigenvalue weighted by Crippen LogP contribution is -1.95. The molecule has 2 aromatic carbocycles. The summed E-state index contributed by atoms with van der Waals surface area (Å²) in [5.41, 5.74) is 2.59. The molecule has 25 heavy (non-hydrogen) atoms. The van der Waals surface area contributed by atoms with Gasteiger partial charge in [-0.25, -0.2) is 19.9 Å². The van der Waals surface area contributed by atoms with Crippen LogP contribution in [0.5, 0.6) is 0 Å². The van der Waals surface area contributed by atoms with Crippen LogP contribution in [0.3, 0.4) is 0 Å². The van der Waals surface area contributed by atoms with E-state index in [0.29, 0.717) is 23.5 Å². The van der Waals surface area contributed by atoms with Crippen molar-refractivity contribution in [2.45, 2.75) is 18.3 Å². The van der Waals surface area contributed by atoms with Gasteiger partial charge in [0.15, 0.2) is 11.6 Å². The second kappa shape index (κ2) is 5.74. The molecule has 0 radical (unpaired) electrons. The summed E-state index contributed by atoms with van der Waals surface area (Å²) >= 11 is 0. The first-order chi connectivity index (χ1) is 12.4. The molecule has 1 aliphatic carbocycles. The van der Waals surface area contributed by atoms with Crippen LogP contribution in [0.1, 0.15) is 29.4 Å². The minimum atomic E-state index is 0.506. The fourth-order valence-electron chi connectivity index (χ4n) is 3.43. The molecule has 1 aliphatic rings. The molecule has 2 heterocycles. The van der Waals surface area contributed by atoms with Crippen molar-refractivity contribution in [3.05, 3.63) is 84.4 Å². The molecule has 2 atom stereocenters. The maximum atomic E-state index is 4.45. The summed E-state index contributed by atoms with van der Waals surface area (Å²) in [7, 11) is 0. The topological polar surface area (TPSA) is 51.6 Å². The zero-order valence-corrected chi connectivity index (χ0v) is 13.6. The van der Waals surface area contributed by atoms with Crippen molar-refractivity contribution in [3.8, 4) is 11.6 Å². The largest absolute Gasteiger partial charge is 0.234 e. The smallest absolute Gasteiger partial charge is 0.197 e. The van der Waals surface area contributed by atoms with E-state index in [4.69, 9.17) is 0 Å². The quantitative estimate of drug-likeness (QED) is 0.562. The molecular weight excluding hydrogens is 308 g/mol. The third-order valence-corrected chi connectivity index (χ3v) is 4.86. The molecule has 2 unspecified atom stereocenters. The normalized spacial score (nSPS) is 19.0. The molecule has 0 amide bonds. The van der Waals surface area contributed by atoms with E-state index >= 15 is 0 Å². The number of aromatic nitrogens is 4. The molecule has 0 N–H and O–H groups in total. The van der Waals surface area contributed by atoms with Crippen LogP contribution in [0.25, 0.3) is 22.4 Å². The lowest BCUT2D eigenvalue weighted by molar-refractivity contribution is 0.978. The van der Waals surface area contributed by atoms with Crippen LogP contribution in [-0.2, 0) is 0 Å². The third kappa shape index (κ3) is 2.66. The lowest BCUT2D eigenvalue weighted by Gasteiger charge is -2.04. The summed E-state index contributed by atoms with van der Waals surface area (Å²) in [5.74, 6) is 2.21. The predicted molar refractivity (Wildman–Crippen MR) is 97.1 cm³/mol. The van der Waals surface area contributed by atoms with E-state index in [0.717, 1.165) is 6.42 Å². The van der Waals surface area contributed by atoms with Crippen LogP contribution in [0.4, 0.5) is 0 Å². The van der Waals surface area contributed by atoms with Gasteiger partial charge in [0, 0.05) is 24.8 Å². The van der Waals surface area contributed by atoms with E-state index in [9.17, 15) is 0 Å². The van der Waals surface area contributed by atoms with E-state index in [1.54, 1.807) is 18.5 Å². The van der Waals surface area contributed by atoms with Crippen molar-refractivity contribution in [1.82, 2.24) is 19.9 Å². The molecule has 1 saturated carbocycles. The Kier molecular flexibility index (Phi) is 3.27. The van der Waals surface area contributed by atoms with Crippen LogP contribution in [0, 0.1) is 0 Å². The van der Waals surface area contributed by atoms with Crippen molar-refractivity contribution in [1.29, 1.82) is 0 Å². The minimum Gasteiger partial charge on any atom is -0.234 e. The number of fused-ring (bicyclic) bond motifs is 1. The highest BCUT2D eigenvalue weighted by Gasteiger charge is 2.40. The second-order valence-corrected chi connectivity index (χ2v) is 6.47. The van der Waals surface area contributed by atoms with Crippen LogP contribution < -0.4 is 0 Å². The van der Waals surface area contributed by atoms with Gasteiger partial charge in [-0.2, -0.15) is 0 Å². The van der Waals surface area contributed by atoms with Crippen molar-refractivity contribution in [2.24, 2.45) is 0 Å². The first-order valence-corrected chi connectivity index (χ1v) is 8.46. The average Bonchev–Trinajstić information content (AvgIpc) is 3.49. The Hall–Kier alpha value is -3.14. The van der Waals surface area contributed by atoms with Crippen molar-refractivity contribution in [3.63, 3.8) is 0 Å². The van der Waals surface area contributed by atoms with Gasteiger partial charge in [-0.3, -0.25) is 0 Å².